The van der Waals surface area contributed by atoms with E-state index in [2.05, 4.69) is 4.74 Å². The van der Waals surface area contributed by atoms with Crippen LogP contribution in [0.5, 0.6) is 0 Å². The van der Waals surface area contributed by atoms with E-state index in [0.717, 1.165) is 0 Å². The maximum absolute atomic E-state index is 13.0. The van der Waals surface area contributed by atoms with Gasteiger partial charge in [0.15, 0.2) is 6.10 Å². The van der Waals surface area contributed by atoms with E-state index in [-0.39, 0.29) is 5.82 Å². The van der Waals surface area contributed by atoms with Crippen LogP contribution in [0.2, 0.25) is 0 Å². The molecule has 3 nitrogen and oxygen atoms in total. The number of esters is 1. The quantitative estimate of drug-likeness (QED) is 0.797. The summed E-state index contributed by atoms with van der Waals surface area (Å²) in [7, 11) is 1.21. The van der Waals surface area contributed by atoms with Crippen LogP contribution in [0.15, 0.2) is 24.3 Å². The van der Waals surface area contributed by atoms with Crippen molar-refractivity contribution in [1.82, 2.24) is 0 Å². The third kappa shape index (κ3) is 2.79. The Hall–Kier alpha value is -1.42. The number of benzene rings is 1. The first kappa shape index (κ1) is 12.6. The maximum atomic E-state index is 13.0. The minimum absolute atomic E-state index is 0.381. The predicted molar refractivity (Wildman–Crippen MR) is 57.5 cm³/mol. The summed E-state index contributed by atoms with van der Waals surface area (Å²) in [6, 6.07) is 5.88. The number of ether oxygens (including phenoxy) is 1. The van der Waals surface area contributed by atoms with E-state index in [4.69, 9.17) is 0 Å². The lowest BCUT2D eigenvalue weighted by Gasteiger charge is -2.19. The van der Waals surface area contributed by atoms with Crippen LogP contribution in [0, 0.1) is 5.82 Å². The molecular weight excluding hydrogens is 211 g/mol. The van der Waals surface area contributed by atoms with Crippen LogP contribution in [0.4, 0.5) is 4.39 Å². The number of methoxy groups -OCH3 is 1. The van der Waals surface area contributed by atoms with Gasteiger partial charge in [-0.1, -0.05) is 19.1 Å². The number of carbonyl (C=O) groups is 1. The second-order valence-electron chi connectivity index (χ2n) is 3.54. The number of carbonyl (C=O) groups excluding carboxylic acids is 1. The first-order chi connectivity index (χ1) is 7.60. The van der Waals surface area contributed by atoms with E-state index in [9.17, 15) is 14.3 Å². The zero-order valence-electron chi connectivity index (χ0n) is 9.31. The minimum Gasteiger partial charge on any atom is -0.467 e. The number of halogens is 1. The van der Waals surface area contributed by atoms with Crippen LogP contribution in [0.1, 0.15) is 24.8 Å². The molecule has 4 heteroatoms. The Kier molecular flexibility index (Phi) is 4.43. The second-order valence-corrected chi connectivity index (χ2v) is 3.54. The molecule has 0 saturated heterocycles. The number of hydrogen-bond donors (Lipinski definition) is 1. The van der Waals surface area contributed by atoms with Crippen molar-refractivity contribution < 1.29 is 19.0 Å². The van der Waals surface area contributed by atoms with Gasteiger partial charge in [-0.05, 0) is 24.1 Å². The summed E-state index contributed by atoms with van der Waals surface area (Å²) in [6.45, 7) is 1.82. The molecule has 2 atom stereocenters. The van der Waals surface area contributed by atoms with Crippen molar-refractivity contribution in [2.45, 2.75) is 25.4 Å². The van der Waals surface area contributed by atoms with Crippen LogP contribution >= 0.6 is 0 Å². The molecule has 88 valence electrons. The monoisotopic (exact) mass is 226 g/mol. The summed E-state index contributed by atoms with van der Waals surface area (Å²) in [6.07, 6.45) is -0.725. The molecular formula is C12H15FO3. The molecule has 16 heavy (non-hydrogen) atoms. The fourth-order valence-corrected chi connectivity index (χ4v) is 1.66. The third-order valence-electron chi connectivity index (χ3n) is 2.54. The molecule has 0 amide bonds. The van der Waals surface area contributed by atoms with Gasteiger partial charge >= 0.3 is 5.97 Å². The lowest BCUT2D eigenvalue weighted by Crippen LogP contribution is -2.28. The SMILES string of the molecule is CCC(c1cccc(F)c1)C(O)C(=O)OC. The molecule has 1 N–H and O–H groups in total. The van der Waals surface area contributed by atoms with Crippen molar-refractivity contribution >= 4 is 5.97 Å². The van der Waals surface area contributed by atoms with E-state index >= 15 is 0 Å². The fraction of sp³-hybridized carbons (Fsp3) is 0.417. The number of aliphatic hydroxyl groups is 1. The van der Waals surface area contributed by atoms with E-state index in [1.54, 1.807) is 12.1 Å². The number of aliphatic hydroxyl groups excluding tert-OH is 1. The van der Waals surface area contributed by atoms with E-state index in [1.807, 2.05) is 6.92 Å². The summed E-state index contributed by atoms with van der Waals surface area (Å²) in [5.41, 5.74) is 0.598. The Bertz CT molecular complexity index is 365. The molecule has 0 radical (unpaired) electrons. The van der Waals surface area contributed by atoms with Crippen molar-refractivity contribution in [3.05, 3.63) is 35.6 Å². The standard InChI is InChI=1S/C12H15FO3/c1-3-10(11(14)12(15)16-2)8-5-4-6-9(13)7-8/h4-7,10-11,14H,3H2,1-2H3. The smallest absolute Gasteiger partial charge is 0.335 e. The third-order valence-corrected chi connectivity index (χ3v) is 2.54. The average Bonchev–Trinajstić information content (AvgIpc) is 2.29. The molecule has 1 aromatic rings. The molecule has 0 bridgehead atoms. The second kappa shape index (κ2) is 5.61. The van der Waals surface area contributed by atoms with E-state index in [0.29, 0.717) is 12.0 Å². The maximum Gasteiger partial charge on any atom is 0.335 e. The molecule has 0 aromatic heterocycles. The van der Waals surface area contributed by atoms with Gasteiger partial charge in [-0.2, -0.15) is 0 Å². The van der Waals surface area contributed by atoms with Crippen LogP contribution in [0.3, 0.4) is 0 Å². The van der Waals surface area contributed by atoms with Crippen molar-refractivity contribution in [2.75, 3.05) is 7.11 Å². The Labute approximate surface area is 93.9 Å². The van der Waals surface area contributed by atoms with Crippen molar-refractivity contribution in [2.24, 2.45) is 0 Å². The molecule has 1 rings (SSSR count). The van der Waals surface area contributed by atoms with Gasteiger partial charge in [0.25, 0.3) is 0 Å². The van der Waals surface area contributed by atoms with Crippen LogP contribution in [-0.4, -0.2) is 24.3 Å². The molecule has 0 saturated carbocycles. The summed E-state index contributed by atoms with van der Waals surface area (Å²) >= 11 is 0. The lowest BCUT2D eigenvalue weighted by molar-refractivity contribution is -0.151. The van der Waals surface area contributed by atoms with Crippen molar-refractivity contribution in [1.29, 1.82) is 0 Å². The fourth-order valence-electron chi connectivity index (χ4n) is 1.66. The lowest BCUT2D eigenvalue weighted by atomic mass is 9.91. The van der Waals surface area contributed by atoms with Gasteiger partial charge in [-0.3, -0.25) is 0 Å². The minimum atomic E-state index is -1.25. The molecule has 2 unspecified atom stereocenters. The van der Waals surface area contributed by atoms with Crippen LogP contribution in [-0.2, 0) is 9.53 Å². The van der Waals surface area contributed by atoms with Crippen molar-refractivity contribution in [3.8, 4) is 0 Å². The summed E-state index contributed by atoms with van der Waals surface area (Å²) in [4.78, 5) is 11.2. The topological polar surface area (TPSA) is 46.5 Å². The van der Waals surface area contributed by atoms with E-state index < -0.39 is 18.0 Å². The highest BCUT2D eigenvalue weighted by Crippen LogP contribution is 2.24. The molecule has 0 heterocycles. The Balaban J connectivity index is 2.94. The molecule has 0 spiro atoms. The Morgan fingerprint density at radius 2 is 2.25 bits per heavy atom. The van der Waals surface area contributed by atoms with Gasteiger partial charge in [-0.15, -0.1) is 0 Å². The summed E-state index contributed by atoms with van der Waals surface area (Å²) < 4.78 is 17.5. The molecule has 0 aliphatic heterocycles. The highest BCUT2D eigenvalue weighted by molar-refractivity contribution is 5.75. The van der Waals surface area contributed by atoms with Crippen LogP contribution in [0.25, 0.3) is 0 Å². The van der Waals surface area contributed by atoms with E-state index in [1.165, 1.54) is 19.2 Å². The predicted octanol–water partition coefficient (Wildman–Crippen LogP) is 1.85. The summed E-state index contributed by atoms with van der Waals surface area (Å²) in [5, 5.41) is 9.72. The van der Waals surface area contributed by atoms with Gasteiger partial charge in [0.1, 0.15) is 5.82 Å². The highest BCUT2D eigenvalue weighted by Gasteiger charge is 2.26. The molecule has 0 fully saturated rings. The first-order valence-corrected chi connectivity index (χ1v) is 5.11. The molecule has 0 aliphatic carbocycles. The molecule has 0 aliphatic rings. The van der Waals surface area contributed by atoms with Crippen molar-refractivity contribution in [3.63, 3.8) is 0 Å². The number of rotatable bonds is 4. The zero-order valence-corrected chi connectivity index (χ0v) is 9.31. The highest BCUT2D eigenvalue weighted by atomic mass is 19.1. The molecule has 1 aromatic carbocycles. The number of hydrogen-bond acceptors (Lipinski definition) is 3. The van der Waals surface area contributed by atoms with Crippen LogP contribution < -0.4 is 0 Å². The van der Waals surface area contributed by atoms with Gasteiger partial charge in [-0.25, -0.2) is 9.18 Å². The largest absolute Gasteiger partial charge is 0.467 e. The normalized spacial score (nSPS) is 14.2. The Morgan fingerprint density at radius 1 is 1.56 bits per heavy atom. The van der Waals surface area contributed by atoms with Gasteiger partial charge in [0.05, 0.1) is 7.11 Å². The zero-order chi connectivity index (χ0) is 12.1. The van der Waals surface area contributed by atoms with Gasteiger partial charge < -0.3 is 9.84 Å². The Morgan fingerprint density at radius 3 is 2.75 bits per heavy atom. The van der Waals surface area contributed by atoms with Gasteiger partial charge in [0.2, 0.25) is 0 Å². The summed E-state index contributed by atoms with van der Waals surface area (Å²) in [5.74, 6) is -1.52. The average molecular weight is 226 g/mol. The first-order valence-electron chi connectivity index (χ1n) is 5.11. The van der Waals surface area contributed by atoms with Gasteiger partial charge in [0, 0.05) is 5.92 Å².